The van der Waals surface area contributed by atoms with Gasteiger partial charge in [0.2, 0.25) is 5.82 Å². The number of fused-ring (bicyclic) bond motifs is 1. The van der Waals surface area contributed by atoms with E-state index in [1.54, 1.807) is 23.0 Å². The molecular formula is C7H5N7. The Morgan fingerprint density at radius 2 is 2.36 bits per heavy atom. The van der Waals surface area contributed by atoms with Crippen LogP contribution in [0.2, 0.25) is 0 Å². The van der Waals surface area contributed by atoms with Gasteiger partial charge in [-0.3, -0.25) is 0 Å². The van der Waals surface area contributed by atoms with Crippen molar-refractivity contribution in [2.75, 3.05) is 0 Å². The molecule has 0 aliphatic rings. The Kier molecular flexibility index (Phi) is 1.32. The highest BCUT2D eigenvalue weighted by atomic mass is 15.5. The van der Waals surface area contributed by atoms with Gasteiger partial charge in [0.15, 0.2) is 5.65 Å². The third-order valence-corrected chi connectivity index (χ3v) is 1.87. The third kappa shape index (κ3) is 0.889. The SMILES string of the molecule is c1cnc2c(-c3nn[nH]n3)cnn2c1. The topological polar surface area (TPSA) is 84.6 Å². The molecule has 0 aromatic carbocycles. The van der Waals surface area contributed by atoms with Gasteiger partial charge in [-0.15, -0.1) is 10.2 Å². The van der Waals surface area contributed by atoms with Gasteiger partial charge in [0.1, 0.15) is 0 Å². The van der Waals surface area contributed by atoms with Crippen molar-refractivity contribution >= 4 is 5.65 Å². The molecule has 3 rings (SSSR count). The lowest BCUT2D eigenvalue weighted by Gasteiger charge is -1.90. The molecule has 7 nitrogen and oxygen atoms in total. The summed E-state index contributed by atoms with van der Waals surface area (Å²) >= 11 is 0. The Balaban J connectivity index is 2.33. The van der Waals surface area contributed by atoms with Gasteiger partial charge in [-0.05, 0) is 11.3 Å². The Morgan fingerprint density at radius 3 is 3.21 bits per heavy atom. The molecule has 0 unspecified atom stereocenters. The van der Waals surface area contributed by atoms with Crippen molar-refractivity contribution in [1.82, 2.24) is 35.2 Å². The van der Waals surface area contributed by atoms with Crippen molar-refractivity contribution in [2.24, 2.45) is 0 Å². The Labute approximate surface area is 77.8 Å². The second kappa shape index (κ2) is 2.59. The first kappa shape index (κ1) is 7.13. The van der Waals surface area contributed by atoms with Crippen LogP contribution in [-0.4, -0.2) is 35.2 Å². The number of hydrogen-bond donors (Lipinski definition) is 1. The Hall–Kier alpha value is -2.31. The highest BCUT2D eigenvalue weighted by Crippen LogP contribution is 2.16. The molecule has 3 aromatic rings. The maximum absolute atomic E-state index is 4.18. The molecule has 0 saturated carbocycles. The van der Waals surface area contributed by atoms with Gasteiger partial charge < -0.3 is 0 Å². The fraction of sp³-hybridized carbons (Fsp3) is 0. The molecule has 1 N–H and O–H groups in total. The van der Waals surface area contributed by atoms with Crippen LogP contribution in [0.4, 0.5) is 0 Å². The molecule has 0 radical (unpaired) electrons. The van der Waals surface area contributed by atoms with E-state index in [-0.39, 0.29) is 0 Å². The molecule has 0 spiro atoms. The van der Waals surface area contributed by atoms with Crippen LogP contribution in [0, 0.1) is 0 Å². The number of nitrogens with zero attached hydrogens (tertiary/aromatic N) is 6. The summed E-state index contributed by atoms with van der Waals surface area (Å²) in [6, 6.07) is 1.81. The van der Waals surface area contributed by atoms with Crippen LogP contribution < -0.4 is 0 Å². The standard InChI is InChI=1S/C7H5N7/c1-2-8-7-5(4-9-14(7)3-1)6-10-12-13-11-6/h1-4H,(H,10,11,12,13). The first-order valence-electron chi connectivity index (χ1n) is 3.97. The summed E-state index contributed by atoms with van der Waals surface area (Å²) in [5.41, 5.74) is 1.48. The number of H-pyrrole nitrogens is 1. The van der Waals surface area contributed by atoms with E-state index in [9.17, 15) is 0 Å². The van der Waals surface area contributed by atoms with E-state index in [0.717, 1.165) is 5.56 Å². The highest BCUT2D eigenvalue weighted by molar-refractivity contribution is 5.71. The monoisotopic (exact) mass is 187 g/mol. The fourth-order valence-electron chi connectivity index (χ4n) is 1.26. The average Bonchev–Trinajstić information content (AvgIpc) is 2.85. The fourth-order valence-corrected chi connectivity index (χ4v) is 1.26. The van der Waals surface area contributed by atoms with E-state index in [4.69, 9.17) is 0 Å². The molecule has 14 heavy (non-hydrogen) atoms. The zero-order chi connectivity index (χ0) is 9.38. The predicted octanol–water partition coefficient (Wildman–Crippen LogP) is -0.0906. The number of aromatic nitrogens is 7. The van der Waals surface area contributed by atoms with E-state index in [1.165, 1.54) is 0 Å². The van der Waals surface area contributed by atoms with Crippen LogP contribution >= 0.6 is 0 Å². The summed E-state index contributed by atoms with van der Waals surface area (Å²) in [6.45, 7) is 0. The van der Waals surface area contributed by atoms with Gasteiger partial charge in [-0.25, -0.2) is 9.50 Å². The number of tetrazole rings is 1. The minimum atomic E-state index is 0.499. The van der Waals surface area contributed by atoms with Crippen LogP contribution in [-0.2, 0) is 0 Å². The molecule has 0 bridgehead atoms. The van der Waals surface area contributed by atoms with Gasteiger partial charge in [0, 0.05) is 12.4 Å². The average molecular weight is 187 g/mol. The van der Waals surface area contributed by atoms with Crippen LogP contribution in [0.15, 0.2) is 24.7 Å². The molecule has 0 amide bonds. The summed E-state index contributed by atoms with van der Waals surface area (Å²) in [4.78, 5) is 4.18. The maximum atomic E-state index is 4.18. The van der Waals surface area contributed by atoms with Gasteiger partial charge in [-0.2, -0.15) is 10.3 Å². The normalized spacial score (nSPS) is 10.9. The molecular weight excluding hydrogens is 182 g/mol. The molecule has 0 fully saturated rings. The lowest BCUT2D eigenvalue weighted by atomic mass is 10.3. The number of nitrogens with one attached hydrogen (secondary N) is 1. The van der Waals surface area contributed by atoms with Crippen molar-refractivity contribution in [3.05, 3.63) is 24.7 Å². The van der Waals surface area contributed by atoms with Crippen molar-refractivity contribution in [1.29, 1.82) is 0 Å². The minimum Gasteiger partial charge on any atom is -0.236 e. The minimum absolute atomic E-state index is 0.499. The number of aromatic amines is 1. The van der Waals surface area contributed by atoms with E-state index in [0.29, 0.717) is 11.5 Å². The van der Waals surface area contributed by atoms with Gasteiger partial charge >= 0.3 is 0 Å². The first-order valence-corrected chi connectivity index (χ1v) is 3.97. The molecule has 0 aliphatic heterocycles. The predicted molar refractivity (Wildman–Crippen MR) is 46.2 cm³/mol. The summed E-state index contributed by atoms with van der Waals surface area (Å²) in [5.74, 6) is 0.499. The van der Waals surface area contributed by atoms with Crippen molar-refractivity contribution in [3.8, 4) is 11.4 Å². The van der Waals surface area contributed by atoms with Crippen molar-refractivity contribution in [2.45, 2.75) is 0 Å². The Morgan fingerprint density at radius 1 is 1.36 bits per heavy atom. The quantitative estimate of drug-likeness (QED) is 0.575. The third-order valence-electron chi connectivity index (χ3n) is 1.87. The largest absolute Gasteiger partial charge is 0.236 e. The highest BCUT2D eigenvalue weighted by Gasteiger charge is 2.10. The maximum Gasteiger partial charge on any atom is 0.210 e. The second-order valence-corrected chi connectivity index (χ2v) is 2.68. The summed E-state index contributed by atoms with van der Waals surface area (Å²) in [5, 5.41) is 17.7. The summed E-state index contributed by atoms with van der Waals surface area (Å²) < 4.78 is 1.66. The molecule has 0 aliphatic carbocycles. The summed E-state index contributed by atoms with van der Waals surface area (Å²) in [6.07, 6.45) is 5.17. The van der Waals surface area contributed by atoms with Crippen LogP contribution in [0.5, 0.6) is 0 Å². The zero-order valence-corrected chi connectivity index (χ0v) is 6.99. The Bertz CT molecular complexity index is 552. The molecule has 3 heterocycles. The zero-order valence-electron chi connectivity index (χ0n) is 6.99. The van der Waals surface area contributed by atoms with Gasteiger partial charge in [0.25, 0.3) is 0 Å². The second-order valence-electron chi connectivity index (χ2n) is 2.68. The van der Waals surface area contributed by atoms with E-state index in [2.05, 4.69) is 30.7 Å². The van der Waals surface area contributed by atoms with Crippen molar-refractivity contribution in [3.63, 3.8) is 0 Å². The molecule has 0 atom stereocenters. The van der Waals surface area contributed by atoms with Gasteiger partial charge in [0.05, 0.1) is 11.8 Å². The number of rotatable bonds is 1. The molecule has 3 aromatic heterocycles. The van der Waals surface area contributed by atoms with Crippen LogP contribution in [0.3, 0.4) is 0 Å². The lowest BCUT2D eigenvalue weighted by Crippen LogP contribution is -1.88. The van der Waals surface area contributed by atoms with Crippen LogP contribution in [0.25, 0.3) is 17.0 Å². The molecule has 68 valence electrons. The summed E-state index contributed by atoms with van der Waals surface area (Å²) in [7, 11) is 0. The smallest absolute Gasteiger partial charge is 0.210 e. The van der Waals surface area contributed by atoms with E-state index >= 15 is 0 Å². The van der Waals surface area contributed by atoms with E-state index < -0.39 is 0 Å². The molecule has 7 heteroatoms. The van der Waals surface area contributed by atoms with Crippen LogP contribution in [0.1, 0.15) is 0 Å². The van der Waals surface area contributed by atoms with Crippen molar-refractivity contribution < 1.29 is 0 Å². The first-order chi connectivity index (χ1) is 6.95. The van der Waals surface area contributed by atoms with E-state index in [1.807, 2.05) is 6.20 Å². The lowest BCUT2D eigenvalue weighted by molar-refractivity contribution is 0.881. The number of hydrogen-bond acceptors (Lipinski definition) is 5. The van der Waals surface area contributed by atoms with Gasteiger partial charge in [-0.1, -0.05) is 0 Å². The molecule has 0 saturated heterocycles.